The molecule has 0 spiro atoms. The molecule has 26 heavy (non-hydrogen) atoms. The number of rotatable bonds is 5. The molecule has 0 saturated carbocycles. The topological polar surface area (TPSA) is 19.4 Å². The van der Waals surface area contributed by atoms with Crippen molar-refractivity contribution in [3.8, 4) is 0 Å². The van der Waals surface area contributed by atoms with E-state index in [0.29, 0.717) is 0 Å². The smallest absolute Gasteiger partial charge is 0.0636 e. The average Bonchev–Trinajstić information content (AvgIpc) is 2.67. The first kappa shape index (κ1) is 17.7. The van der Waals surface area contributed by atoms with Gasteiger partial charge < -0.3 is 9.80 Å². The van der Waals surface area contributed by atoms with Gasteiger partial charge in [-0.25, -0.2) is 0 Å². The van der Waals surface area contributed by atoms with Gasteiger partial charge in [0.2, 0.25) is 0 Å². The van der Waals surface area contributed by atoms with Gasteiger partial charge in [-0.15, -0.1) is 0 Å². The third-order valence-electron chi connectivity index (χ3n) is 4.37. The highest BCUT2D eigenvalue weighted by molar-refractivity contribution is 5.91. The second-order valence-corrected chi connectivity index (χ2v) is 6.70. The van der Waals surface area contributed by atoms with Crippen molar-refractivity contribution in [3.63, 3.8) is 0 Å². The van der Waals surface area contributed by atoms with Crippen LogP contribution in [0, 0.1) is 0 Å². The minimum Gasteiger partial charge on any atom is -0.378 e. The minimum absolute atomic E-state index is 0.955. The molecule has 0 N–H and O–H groups in total. The van der Waals surface area contributed by atoms with Crippen LogP contribution < -0.4 is 9.80 Å². The molecule has 132 valence electrons. The van der Waals surface area contributed by atoms with Crippen molar-refractivity contribution in [1.29, 1.82) is 0 Å². The maximum absolute atomic E-state index is 4.47. The standard InChI is InChI=1S/C23H25N3/c1-25(2)21-12-8-18(9-13-21)23(17-20-7-5-6-16-24-20)19-10-14-22(15-11-19)26(3)4/h5-17H,1-4H3. The van der Waals surface area contributed by atoms with E-state index in [1.807, 2.05) is 24.4 Å². The van der Waals surface area contributed by atoms with Crippen LogP contribution in [0.4, 0.5) is 11.4 Å². The minimum atomic E-state index is 0.955. The van der Waals surface area contributed by atoms with Crippen LogP contribution in [0.3, 0.4) is 0 Å². The number of benzene rings is 2. The van der Waals surface area contributed by atoms with Gasteiger partial charge in [-0.3, -0.25) is 4.98 Å². The fourth-order valence-electron chi connectivity index (χ4n) is 2.82. The third kappa shape index (κ3) is 4.12. The SMILES string of the molecule is CN(C)c1ccc(C(=Cc2ccccn2)c2ccc(N(C)C)cc2)cc1. The molecule has 0 fully saturated rings. The largest absolute Gasteiger partial charge is 0.378 e. The van der Waals surface area contributed by atoms with Crippen molar-refractivity contribution < 1.29 is 0 Å². The van der Waals surface area contributed by atoms with Gasteiger partial charge in [0, 0.05) is 45.8 Å². The Labute approximate surface area is 156 Å². The normalized spacial score (nSPS) is 10.3. The van der Waals surface area contributed by atoms with Crippen molar-refractivity contribution in [2.24, 2.45) is 0 Å². The molecule has 3 rings (SSSR count). The number of hydrogen-bond acceptors (Lipinski definition) is 3. The molecule has 0 aliphatic heterocycles. The lowest BCUT2D eigenvalue weighted by Gasteiger charge is -2.16. The van der Waals surface area contributed by atoms with E-state index in [-0.39, 0.29) is 0 Å². The highest BCUT2D eigenvalue weighted by Gasteiger charge is 2.08. The van der Waals surface area contributed by atoms with Gasteiger partial charge in [-0.05, 0) is 59.2 Å². The number of nitrogens with zero attached hydrogens (tertiary/aromatic N) is 3. The summed E-state index contributed by atoms with van der Waals surface area (Å²) >= 11 is 0. The fraction of sp³-hybridized carbons (Fsp3) is 0.174. The molecule has 1 heterocycles. The zero-order valence-electron chi connectivity index (χ0n) is 15.8. The molecule has 3 heteroatoms. The van der Waals surface area contributed by atoms with E-state index in [1.54, 1.807) is 0 Å². The summed E-state index contributed by atoms with van der Waals surface area (Å²) in [7, 11) is 8.22. The summed E-state index contributed by atoms with van der Waals surface area (Å²) in [5, 5.41) is 0. The molecule has 0 amide bonds. The Morgan fingerprint density at radius 1 is 0.692 bits per heavy atom. The van der Waals surface area contributed by atoms with Crippen LogP contribution in [0.25, 0.3) is 11.6 Å². The van der Waals surface area contributed by atoms with Crippen LogP contribution in [-0.2, 0) is 0 Å². The first-order chi connectivity index (χ1) is 12.5. The Morgan fingerprint density at radius 2 is 1.19 bits per heavy atom. The summed E-state index contributed by atoms with van der Waals surface area (Å²) in [5.74, 6) is 0. The molecule has 0 saturated heterocycles. The third-order valence-corrected chi connectivity index (χ3v) is 4.37. The Morgan fingerprint density at radius 3 is 1.58 bits per heavy atom. The molecular formula is C23H25N3. The van der Waals surface area contributed by atoms with Crippen LogP contribution in [-0.4, -0.2) is 33.2 Å². The van der Waals surface area contributed by atoms with Crippen LogP contribution in [0.2, 0.25) is 0 Å². The Bertz CT molecular complexity index is 808. The second-order valence-electron chi connectivity index (χ2n) is 6.70. The first-order valence-corrected chi connectivity index (χ1v) is 8.73. The number of aromatic nitrogens is 1. The van der Waals surface area contributed by atoms with Crippen LogP contribution in [0.15, 0.2) is 72.9 Å². The van der Waals surface area contributed by atoms with Crippen molar-refractivity contribution >= 4 is 23.0 Å². The van der Waals surface area contributed by atoms with Gasteiger partial charge in [0.05, 0.1) is 5.69 Å². The number of anilines is 2. The van der Waals surface area contributed by atoms with Gasteiger partial charge in [0.15, 0.2) is 0 Å². The van der Waals surface area contributed by atoms with E-state index in [1.165, 1.54) is 28.1 Å². The van der Waals surface area contributed by atoms with Gasteiger partial charge in [0.1, 0.15) is 0 Å². The van der Waals surface area contributed by atoms with Crippen molar-refractivity contribution in [1.82, 2.24) is 4.98 Å². The van der Waals surface area contributed by atoms with E-state index < -0.39 is 0 Å². The number of pyridine rings is 1. The monoisotopic (exact) mass is 343 g/mol. The quantitative estimate of drug-likeness (QED) is 0.663. The molecule has 0 aliphatic carbocycles. The highest BCUT2D eigenvalue weighted by atomic mass is 15.1. The zero-order valence-corrected chi connectivity index (χ0v) is 15.8. The van der Waals surface area contributed by atoms with E-state index in [2.05, 4.69) is 97.6 Å². The predicted octanol–water partition coefficient (Wildman–Crippen LogP) is 4.80. The molecule has 0 bridgehead atoms. The predicted molar refractivity (Wildman–Crippen MR) is 113 cm³/mol. The summed E-state index contributed by atoms with van der Waals surface area (Å²) in [4.78, 5) is 8.69. The van der Waals surface area contributed by atoms with Gasteiger partial charge in [-0.2, -0.15) is 0 Å². The van der Waals surface area contributed by atoms with Gasteiger partial charge >= 0.3 is 0 Å². The van der Waals surface area contributed by atoms with Crippen LogP contribution in [0.1, 0.15) is 16.8 Å². The van der Waals surface area contributed by atoms with E-state index >= 15 is 0 Å². The summed E-state index contributed by atoms with van der Waals surface area (Å²) in [6.07, 6.45) is 3.98. The van der Waals surface area contributed by atoms with E-state index in [0.717, 1.165) is 5.69 Å². The van der Waals surface area contributed by atoms with Crippen LogP contribution in [0.5, 0.6) is 0 Å². The van der Waals surface area contributed by atoms with Crippen LogP contribution >= 0.6 is 0 Å². The summed E-state index contributed by atoms with van der Waals surface area (Å²) in [5.41, 5.74) is 6.86. The van der Waals surface area contributed by atoms with Crippen molar-refractivity contribution in [3.05, 3.63) is 89.7 Å². The molecular weight excluding hydrogens is 318 g/mol. The van der Waals surface area contributed by atoms with E-state index in [9.17, 15) is 0 Å². The Hall–Kier alpha value is -3.07. The fourth-order valence-corrected chi connectivity index (χ4v) is 2.82. The zero-order chi connectivity index (χ0) is 18.5. The molecule has 2 aromatic carbocycles. The molecule has 0 unspecified atom stereocenters. The second kappa shape index (κ2) is 7.87. The summed E-state index contributed by atoms with van der Waals surface area (Å²) < 4.78 is 0. The average molecular weight is 343 g/mol. The Kier molecular flexibility index (Phi) is 5.37. The molecule has 0 aliphatic rings. The lowest BCUT2D eigenvalue weighted by atomic mass is 9.96. The first-order valence-electron chi connectivity index (χ1n) is 8.73. The number of hydrogen-bond donors (Lipinski definition) is 0. The Balaban J connectivity index is 2.06. The highest BCUT2D eigenvalue weighted by Crippen LogP contribution is 2.28. The van der Waals surface area contributed by atoms with Gasteiger partial charge in [-0.1, -0.05) is 30.3 Å². The molecule has 1 aromatic heterocycles. The molecule has 3 aromatic rings. The molecule has 3 nitrogen and oxygen atoms in total. The molecule has 0 atom stereocenters. The van der Waals surface area contributed by atoms with Gasteiger partial charge in [0.25, 0.3) is 0 Å². The van der Waals surface area contributed by atoms with Crippen molar-refractivity contribution in [2.45, 2.75) is 0 Å². The van der Waals surface area contributed by atoms with E-state index in [4.69, 9.17) is 0 Å². The maximum Gasteiger partial charge on any atom is 0.0636 e. The summed E-state index contributed by atoms with van der Waals surface area (Å²) in [6.45, 7) is 0. The maximum atomic E-state index is 4.47. The lowest BCUT2D eigenvalue weighted by molar-refractivity contribution is 1.13. The lowest BCUT2D eigenvalue weighted by Crippen LogP contribution is -2.08. The molecule has 0 radical (unpaired) electrons. The van der Waals surface area contributed by atoms with Crippen molar-refractivity contribution in [2.75, 3.05) is 38.0 Å². The summed E-state index contributed by atoms with van der Waals surface area (Å²) in [6, 6.07) is 23.3.